The number of pyridine rings is 1. The van der Waals surface area contributed by atoms with Crippen LogP contribution in [0.15, 0.2) is 54.7 Å². The summed E-state index contributed by atoms with van der Waals surface area (Å²) < 4.78 is 0. The van der Waals surface area contributed by atoms with Crippen LogP contribution in [-0.2, 0) is 0 Å². The predicted molar refractivity (Wildman–Crippen MR) is 101 cm³/mol. The number of carbonyl (C=O) groups excluding carboxylic acids is 2. The van der Waals surface area contributed by atoms with Gasteiger partial charge in [0.25, 0.3) is 5.91 Å². The van der Waals surface area contributed by atoms with Crippen molar-refractivity contribution in [2.24, 2.45) is 11.5 Å². The number of aromatic amines is 1. The zero-order chi connectivity index (χ0) is 18.3. The van der Waals surface area contributed by atoms with E-state index in [1.165, 1.54) is 0 Å². The zero-order valence-electron chi connectivity index (χ0n) is 13.6. The third-order valence-electron chi connectivity index (χ3n) is 4.25. The van der Waals surface area contributed by atoms with Crippen molar-refractivity contribution in [3.05, 3.63) is 60.3 Å². The van der Waals surface area contributed by atoms with E-state index in [4.69, 9.17) is 11.5 Å². The van der Waals surface area contributed by atoms with Gasteiger partial charge in [-0.1, -0.05) is 30.3 Å². The van der Waals surface area contributed by atoms with Crippen molar-refractivity contribution in [2.75, 3.05) is 5.32 Å². The highest BCUT2D eigenvalue weighted by Crippen LogP contribution is 2.33. The van der Waals surface area contributed by atoms with E-state index in [0.717, 1.165) is 22.0 Å². The van der Waals surface area contributed by atoms with E-state index < -0.39 is 11.9 Å². The van der Waals surface area contributed by atoms with Crippen LogP contribution >= 0.6 is 0 Å². The first-order chi connectivity index (χ1) is 12.5. The number of rotatable bonds is 3. The maximum atomic E-state index is 11.8. The molecule has 4 aromatic rings. The SMILES string of the molecule is NC(=O)Nc1[nH]c2cc(-c3cccc4ncccc34)ccc2c1C(N)=O. The Labute approximate surface area is 148 Å². The summed E-state index contributed by atoms with van der Waals surface area (Å²) in [5.74, 6) is -0.459. The monoisotopic (exact) mass is 345 g/mol. The fourth-order valence-corrected chi connectivity index (χ4v) is 3.19. The lowest BCUT2D eigenvalue weighted by molar-refractivity contribution is 0.100. The molecule has 128 valence electrons. The number of nitrogens with one attached hydrogen (secondary N) is 2. The predicted octanol–water partition coefficient (Wildman–Crippen LogP) is 2.97. The van der Waals surface area contributed by atoms with Gasteiger partial charge in [-0.25, -0.2) is 4.79 Å². The van der Waals surface area contributed by atoms with Gasteiger partial charge in [0.2, 0.25) is 0 Å². The number of primary amides is 2. The molecule has 0 aliphatic heterocycles. The second-order valence-corrected chi connectivity index (χ2v) is 5.86. The van der Waals surface area contributed by atoms with Crippen molar-refractivity contribution in [3.8, 4) is 11.1 Å². The number of nitrogens with zero attached hydrogens (tertiary/aromatic N) is 1. The molecule has 0 spiro atoms. The van der Waals surface area contributed by atoms with E-state index >= 15 is 0 Å². The fraction of sp³-hybridized carbons (Fsp3) is 0. The number of nitrogens with two attached hydrogens (primary N) is 2. The highest BCUT2D eigenvalue weighted by atomic mass is 16.2. The molecule has 7 nitrogen and oxygen atoms in total. The van der Waals surface area contributed by atoms with E-state index in [0.29, 0.717) is 10.9 Å². The molecule has 0 bridgehead atoms. The van der Waals surface area contributed by atoms with Gasteiger partial charge in [-0.2, -0.15) is 0 Å². The Hall–Kier alpha value is -3.87. The van der Waals surface area contributed by atoms with Crippen LogP contribution in [-0.4, -0.2) is 21.9 Å². The normalized spacial score (nSPS) is 10.9. The Bertz CT molecular complexity index is 1170. The van der Waals surface area contributed by atoms with E-state index in [1.54, 1.807) is 12.3 Å². The summed E-state index contributed by atoms with van der Waals surface area (Å²) in [4.78, 5) is 30.4. The molecule has 0 saturated heterocycles. The fourth-order valence-electron chi connectivity index (χ4n) is 3.19. The average molecular weight is 345 g/mol. The maximum absolute atomic E-state index is 11.8. The molecule has 7 heteroatoms. The highest BCUT2D eigenvalue weighted by Gasteiger charge is 2.18. The summed E-state index contributed by atoms with van der Waals surface area (Å²) in [6, 6.07) is 14.6. The average Bonchev–Trinajstić information content (AvgIpc) is 2.97. The Kier molecular flexibility index (Phi) is 3.54. The summed E-state index contributed by atoms with van der Waals surface area (Å²) in [6.07, 6.45) is 1.75. The number of hydrogen-bond donors (Lipinski definition) is 4. The summed E-state index contributed by atoms with van der Waals surface area (Å²) >= 11 is 0. The summed E-state index contributed by atoms with van der Waals surface area (Å²) in [5, 5.41) is 4.04. The van der Waals surface area contributed by atoms with Crippen molar-refractivity contribution < 1.29 is 9.59 Å². The third kappa shape index (κ3) is 2.51. The molecule has 0 aliphatic carbocycles. The third-order valence-corrected chi connectivity index (χ3v) is 4.25. The van der Waals surface area contributed by atoms with Gasteiger partial charge in [-0.3, -0.25) is 15.1 Å². The minimum absolute atomic E-state index is 0.191. The van der Waals surface area contributed by atoms with Crippen molar-refractivity contribution in [1.29, 1.82) is 0 Å². The molecule has 0 radical (unpaired) electrons. The molecule has 0 aliphatic rings. The number of amides is 3. The van der Waals surface area contributed by atoms with Crippen LogP contribution in [0.3, 0.4) is 0 Å². The number of anilines is 1. The molecule has 0 atom stereocenters. The van der Waals surface area contributed by atoms with Crippen LogP contribution in [0.1, 0.15) is 10.4 Å². The molecule has 2 aromatic heterocycles. The minimum Gasteiger partial charge on any atom is -0.365 e. The van der Waals surface area contributed by atoms with Crippen LogP contribution in [0.4, 0.5) is 10.6 Å². The molecule has 6 N–H and O–H groups in total. The van der Waals surface area contributed by atoms with Gasteiger partial charge in [0, 0.05) is 22.5 Å². The number of aromatic nitrogens is 2. The molecule has 0 unspecified atom stereocenters. The van der Waals surface area contributed by atoms with Gasteiger partial charge in [-0.05, 0) is 29.3 Å². The number of fused-ring (bicyclic) bond motifs is 2. The Morgan fingerprint density at radius 2 is 1.85 bits per heavy atom. The summed E-state index contributed by atoms with van der Waals surface area (Å²) in [5.41, 5.74) is 14.3. The lowest BCUT2D eigenvalue weighted by Gasteiger charge is -2.06. The van der Waals surface area contributed by atoms with E-state index in [1.807, 2.05) is 42.5 Å². The zero-order valence-corrected chi connectivity index (χ0v) is 13.6. The van der Waals surface area contributed by atoms with Crippen molar-refractivity contribution in [1.82, 2.24) is 9.97 Å². The van der Waals surface area contributed by atoms with Crippen LogP contribution in [0.25, 0.3) is 32.9 Å². The van der Waals surface area contributed by atoms with Crippen molar-refractivity contribution >= 4 is 39.6 Å². The quantitative estimate of drug-likeness (QED) is 0.456. The number of H-pyrrole nitrogens is 1. The minimum atomic E-state index is -0.778. The van der Waals surface area contributed by atoms with Gasteiger partial charge < -0.3 is 16.5 Å². The van der Waals surface area contributed by atoms with E-state index in [9.17, 15) is 9.59 Å². The second kappa shape index (κ2) is 5.89. The topological polar surface area (TPSA) is 127 Å². The maximum Gasteiger partial charge on any atom is 0.317 e. The Morgan fingerprint density at radius 1 is 1.00 bits per heavy atom. The molecule has 3 amide bonds. The first kappa shape index (κ1) is 15.6. The molecule has 2 heterocycles. The van der Waals surface area contributed by atoms with Gasteiger partial charge >= 0.3 is 6.03 Å². The van der Waals surface area contributed by atoms with Crippen molar-refractivity contribution in [3.63, 3.8) is 0 Å². The molecule has 0 fully saturated rings. The summed E-state index contributed by atoms with van der Waals surface area (Å²) in [6.45, 7) is 0. The number of carbonyl (C=O) groups is 2. The van der Waals surface area contributed by atoms with Gasteiger partial charge in [-0.15, -0.1) is 0 Å². The van der Waals surface area contributed by atoms with Crippen LogP contribution in [0.5, 0.6) is 0 Å². The lowest BCUT2D eigenvalue weighted by Crippen LogP contribution is -2.22. The Morgan fingerprint density at radius 3 is 2.62 bits per heavy atom. The first-order valence-electron chi connectivity index (χ1n) is 7.90. The molecule has 4 rings (SSSR count). The summed E-state index contributed by atoms with van der Waals surface area (Å²) in [7, 11) is 0. The number of benzene rings is 2. The van der Waals surface area contributed by atoms with Gasteiger partial charge in [0.15, 0.2) is 0 Å². The number of hydrogen-bond acceptors (Lipinski definition) is 3. The molecular formula is C19H15N5O2. The van der Waals surface area contributed by atoms with Crippen molar-refractivity contribution in [2.45, 2.75) is 0 Å². The molecule has 0 saturated carbocycles. The van der Waals surface area contributed by atoms with Gasteiger partial charge in [0.1, 0.15) is 5.82 Å². The molecule has 26 heavy (non-hydrogen) atoms. The van der Waals surface area contributed by atoms with Crippen LogP contribution in [0.2, 0.25) is 0 Å². The smallest absolute Gasteiger partial charge is 0.317 e. The largest absolute Gasteiger partial charge is 0.365 e. The van der Waals surface area contributed by atoms with Crippen LogP contribution < -0.4 is 16.8 Å². The number of urea groups is 1. The van der Waals surface area contributed by atoms with Crippen LogP contribution in [0, 0.1) is 0 Å². The highest BCUT2D eigenvalue weighted by molar-refractivity contribution is 6.13. The van der Waals surface area contributed by atoms with E-state index in [2.05, 4.69) is 15.3 Å². The van der Waals surface area contributed by atoms with Gasteiger partial charge in [0.05, 0.1) is 11.1 Å². The van der Waals surface area contributed by atoms with E-state index in [-0.39, 0.29) is 11.4 Å². The first-order valence-corrected chi connectivity index (χ1v) is 7.90. The second-order valence-electron chi connectivity index (χ2n) is 5.86. The molecular weight excluding hydrogens is 330 g/mol. The standard InChI is InChI=1S/C19H15N5O2/c20-17(25)16-13-7-6-10(9-15(13)23-18(16)24-19(21)26)11-3-1-5-14-12(11)4-2-8-22-14/h1-9,23H,(H2,20,25)(H3,21,24,26). The Balaban J connectivity index is 1.93. The lowest BCUT2D eigenvalue weighted by atomic mass is 9.99. The molecule has 2 aromatic carbocycles.